The average Bonchev–Trinajstić information content (AvgIpc) is 2.40. The summed E-state index contributed by atoms with van der Waals surface area (Å²) in [4.78, 5) is 0.129. The molecule has 6 heteroatoms. The fourth-order valence-electron chi connectivity index (χ4n) is 1.72. The number of hydrogen-bond acceptors (Lipinski definition) is 3. The first-order valence-electron chi connectivity index (χ1n) is 5.85. The summed E-state index contributed by atoms with van der Waals surface area (Å²) < 4.78 is 33.5. The molecule has 0 heterocycles. The maximum atomic E-state index is 12.4. The number of benzene rings is 2. The van der Waals surface area contributed by atoms with Gasteiger partial charge in [-0.05, 0) is 71.5 Å². The molecule has 0 aromatic heterocycles. The standard InChI is InChI=1S/C14H14INO3S/c1-10-3-8-14(13(9-10)19-2)20(17,18)16-12-6-4-11(15)5-7-12/h3-9,16H,1-2H3. The Morgan fingerprint density at radius 3 is 2.35 bits per heavy atom. The molecule has 2 rings (SSSR count). The molecule has 4 nitrogen and oxygen atoms in total. The van der Waals surface area contributed by atoms with Crippen molar-refractivity contribution in [2.24, 2.45) is 0 Å². The van der Waals surface area contributed by atoms with Gasteiger partial charge in [0.05, 0.1) is 7.11 Å². The van der Waals surface area contributed by atoms with Gasteiger partial charge in [0.1, 0.15) is 10.6 Å². The minimum absolute atomic E-state index is 0.129. The van der Waals surface area contributed by atoms with Crippen molar-refractivity contribution in [1.82, 2.24) is 0 Å². The van der Waals surface area contributed by atoms with E-state index in [1.165, 1.54) is 7.11 Å². The number of hydrogen-bond donors (Lipinski definition) is 1. The fourth-order valence-corrected chi connectivity index (χ4v) is 3.30. The molecule has 0 aliphatic rings. The predicted molar refractivity (Wildman–Crippen MR) is 87.7 cm³/mol. The highest BCUT2D eigenvalue weighted by atomic mass is 127. The van der Waals surface area contributed by atoms with E-state index in [2.05, 4.69) is 27.3 Å². The Bertz CT molecular complexity index is 712. The van der Waals surface area contributed by atoms with Crippen LogP contribution in [0.3, 0.4) is 0 Å². The van der Waals surface area contributed by atoms with Crippen molar-refractivity contribution in [2.45, 2.75) is 11.8 Å². The number of halogens is 1. The van der Waals surface area contributed by atoms with E-state index in [1.54, 1.807) is 30.3 Å². The van der Waals surface area contributed by atoms with Crippen molar-refractivity contribution in [3.8, 4) is 5.75 Å². The molecule has 0 unspecified atom stereocenters. The summed E-state index contributed by atoms with van der Waals surface area (Å²) >= 11 is 2.16. The quantitative estimate of drug-likeness (QED) is 0.797. The van der Waals surface area contributed by atoms with Gasteiger partial charge < -0.3 is 4.74 Å². The van der Waals surface area contributed by atoms with Crippen LogP contribution in [-0.2, 0) is 10.0 Å². The molecular formula is C14H14INO3S. The summed E-state index contributed by atoms with van der Waals surface area (Å²) in [5.41, 5.74) is 1.46. The van der Waals surface area contributed by atoms with E-state index in [-0.39, 0.29) is 4.90 Å². The van der Waals surface area contributed by atoms with Crippen LogP contribution in [0.25, 0.3) is 0 Å². The topological polar surface area (TPSA) is 55.4 Å². The highest BCUT2D eigenvalue weighted by Gasteiger charge is 2.19. The highest BCUT2D eigenvalue weighted by molar-refractivity contribution is 14.1. The number of methoxy groups -OCH3 is 1. The van der Waals surface area contributed by atoms with Gasteiger partial charge in [-0.25, -0.2) is 8.42 Å². The molecule has 0 saturated carbocycles. The Balaban J connectivity index is 2.38. The molecule has 0 aliphatic carbocycles. The van der Waals surface area contributed by atoms with Gasteiger partial charge >= 0.3 is 0 Å². The van der Waals surface area contributed by atoms with E-state index >= 15 is 0 Å². The third-order valence-electron chi connectivity index (χ3n) is 2.71. The van der Waals surface area contributed by atoms with E-state index in [0.717, 1.165) is 9.13 Å². The van der Waals surface area contributed by atoms with Crippen LogP contribution in [0.5, 0.6) is 5.75 Å². The monoisotopic (exact) mass is 403 g/mol. The van der Waals surface area contributed by atoms with Crippen LogP contribution in [0.1, 0.15) is 5.56 Å². The zero-order valence-electron chi connectivity index (χ0n) is 11.1. The number of rotatable bonds is 4. The molecule has 0 spiro atoms. The molecule has 0 aliphatic heterocycles. The summed E-state index contributed by atoms with van der Waals surface area (Å²) in [6, 6.07) is 12.1. The molecular weight excluding hydrogens is 389 g/mol. The summed E-state index contributed by atoms with van der Waals surface area (Å²) in [6.07, 6.45) is 0. The minimum atomic E-state index is -3.66. The molecule has 0 atom stereocenters. The second kappa shape index (κ2) is 6.01. The lowest BCUT2D eigenvalue weighted by molar-refractivity contribution is 0.402. The maximum Gasteiger partial charge on any atom is 0.265 e. The van der Waals surface area contributed by atoms with Crippen molar-refractivity contribution in [3.05, 3.63) is 51.6 Å². The Morgan fingerprint density at radius 1 is 1.10 bits per heavy atom. The number of ether oxygens (including phenoxy) is 1. The van der Waals surface area contributed by atoms with Gasteiger partial charge in [-0.2, -0.15) is 0 Å². The number of nitrogens with one attached hydrogen (secondary N) is 1. The summed E-state index contributed by atoms with van der Waals surface area (Å²) in [5.74, 6) is 0.336. The summed E-state index contributed by atoms with van der Waals surface area (Å²) in [5, 5.41) is 0. The van der Waals surface area contributed by atoms with E-state index in [0.29, 0.717) is 11.4 Å². The van der Waals surface area contributed by atoms with Crippen LogP contribution < -0.4 is 9.46 Å². The van der Waals surface area contributed by atoms with E-state index in [1.807, 2.05) is 19.1 Å². The number of anilines is 1. The van der Waals surface area contributed by atoms with Crippen LogP contribution >= 0.6 is 22.6 Å². The third kappa shape index (κ3) is 3.43. The predicted octanol–water partition coefficient (Wildman–Crippen LogP) is 3.41. The van der Waals surface area contributed by atoms with Crippen molar-refractivity contribution >= 4 is 38.3 Å². The highest BCUT2D eigenvalue weighted by Crippen LogP contribution is 2.26. The van der Waals surface area contributed by atoms with E-state index in [4.69, 9.17) is 4.74 Å². The molecule has 0 amide bonds. The van der Waals surface area contributed by atoms with Crippen molar-refractivity contribution in [1.29, 1.82) is 0 Å². The lowest BCUT2D eigenvalue weighted by Crippen LogP contribution is -2.14. The fraction of sp³-hybridized carbons (Fsp3) is 0.143. The lowest BCUT2D eigenvalue weighted by atomic mass is 10.2. The van der Waals surface area contributed by atoms with Crippen LogP contribution in [0.4, 0.5) is 5.69 Å². The average molecular weight is 403 g/mol. The summed E-state index contributed by atoms with van der Waals surface area (Å²) in [6.45, 7) is 1.88. The first kappa shape index (κ1) is 15.1. The van der Waals surface area contributed by atoms with Crippen LogP contribution in [0.15, 0.2) is 47.4 Å². The van der Waals surface area contributed by atoms with Crippen molar-refractivity contribution in [2.75, 3.05) is 11.8 Å². The zero-order valence-corrected chi connectivity index (χ0v) is 14.0. The van der Waals surface area contributed by atoms with Gasteiger partial charge in [-0.1, -0.05) is 6.07 Å². The molecule has 20 heavy (non-hydrogen) atoms. The molecule has 0 bridgehead atoms. The first-order chi connectivity index (χ1) is 9.42. The Kier molecular flexibility index (Phi) is 4.54. The van der Waals surface area contributed by atoms with E-state index < -0.39 is 10.0 Å². The first-order valence-corrected chi connectivity index (χ1v) is 8.41. The van der Waals surface area contributed by atoms with E-state index in [9.17, 15) is 8.42 Å². The van der Waals surface area contributed by atoms with Gasteiger partial charge in [0, 0.05) is 9.26 Å². The Hall–Kier alpha value is -1.28. The van der Waals surface area contributed by atoms with Gasteiger partial charge in [0.2, 0.25) is 0 Å². The molecule has 1 N–H and O–H groups in total. The summed E-state index contributed by atoms with van der Waals surface area (Å²) in [7, 11) is -2.21. The van der Waals surface area contributed by atoms with Gasteiger partial charge in [0.25, 0.3) is 10.0 Å². The van der Waals surface area contributed by atoms with Gasteiger partial charge in [-0.15, -0.1) is 0 Å². The van der Waals surface area contributed by atoms with Crippen molar-refractivity contribution < 1.29 is 13.2 Å². The molecule has 0 saturated heterocycles. The normalized spacial score (nSPS) is 11.2. The van der Waals surface area contributed by atoms with Crippen LogP contribution in [-0.4, -0.2) is 15.5 Å². The number of aryl methyl sites for hydroxylation is 1. The molecule has 2 aromatic rings. The largest absolute Gasteiger partial charge is 0.495 e. The van der Waals surface area contributed by atoms with Gasteiger partial charge in [0.15, 0.2) is 0 Å². The second-order valence-electron chi connectivity index (χ2n) is 4.27. The van der Waals surface area contributed by atoms with Gasteiger partial charge in [-0.3, -0.25) is 4.72 Å². The lowest BCUT2D eigenvalue weighted by Gasteiger charge is -2.12. The molecule has 106 valence electrons. The SMILES string of the molecule is COc1cc(C)ccc1S(=O)(=O)Nc1ccc(I)cc1. The third-order valence-corrected chi connectivity index (χ3v) is 4.84. The smallest absolute Gasteiger partial charge is 0.265 e. The molecule has 0 fully saturated rings. The molecule has 0 radical (unpaired) electrons. The van der Waals surface area contributed by atoms with Crippen LogP contribution in [0.2, 0.25) is 0 Å². The Labute approximate surface area is 132 Å². The Morgan fingerprint density at radius 2 is 1.75 bits per heavy atom. The molecule has 2 aromatic carbocycles. The zero-order chi connectivity index (χ0) is 14.8. The maximum absolute atomic E-state index is 12.4. The second-order valence-corrected chi connectivity index (χ2v) is 7.16. The number of sulfonamides is 1. The van der Waals surface area contributed by atoms with Crippen LogP contribution in [0, 0.1) is 10.5 Å². The minimum Gasteiger partial charge on any atom is -0.495 e. The van der Waals surface area contributed by atoms with Crippen molar-refractivity contribution in [3.63, 3.8) is 0 Å².